The first-order chi connectivity index (χ1) is 20.9. The van der Waals surface area contributed by atoms with Gasteiger partial charge in [-0.3, -0.25) is 14.3 Å². The van der Waals surface area contributed by atoms with Crippen molar-refractivity contribution >= 4 is 17.1 Å². The molecule has 0 spiro atoms. The molecule has 0 unspecified atom stereocenters. The van der Waals surface area contributed by atoms with Crippen molar-refractivity contribution in [3.63, 3.8) is 0 Å². The Balaban J connectivity index is 1.53. The summed E-state index contributed by atoms with van der Waals surface area (Å²) in [6.07, 6.45) is -1.59. The summed E-state index contributed by atoms with van der Waals surface area (Å²) in [4.78, 5) is 25.1. The summed E-state index contributed by atoms with van der Waals surface area (Å²) < 4.78 is 28.3. The zero-order valence-electron chi connectivity index (χ0n) is 23.6. The molecule has 1 fully saturated rings. The van der Waals surface area contributed by atoms with Crippen molar-refractivity contribution in [2.24, 2.45) is 5.92 Å². The number of H-pyrrole nitrogens is 1. The fourth-order valence-corrected chi connectivity index (χ4v) is 5.86. The molecular weight excluding hydrogens is 553 g/mol. The molecule has 11 heteroatoms. The Kier molecular flexibility index (Phi) is 7.47. The van der Waals surface area contributed by atoms with Gasteiger partial charge in [0.1, 0.15) is 16.9 Å². The highest BCUT2D eigenvalue weighted by Gasteiger charge is 2.54. The van der Waals surface area contributed by atoms with Crippen LogP contribution in [-0.4, -0.2) is 61.8 Å². The molecule has 2 aromatic heterocycles. The van der Waals surface area contributed by atoms with Gasteiger partial charge in [-0.1, -0.05) is 79.7 Å². The van der Waals surface area contributed by atoms with Gasteiger partial charge >= 0.3 is 0 Å². The van der Waals surface area contributed by atoms with E-state index in [0.29, 0.717) is 5.75 Å². The number of aliphatic hydroxyl groups is 2. The summed E-state index contributed by atoms with van der Waals surface area (Å²) in [5.41, 5.74) is -0.399. The topological polar surface area (TPSA) is 135 Å². The average Bonchev–Trinajstić information content (AvgIpc) is 3.59. The van der Waals surface area contributed by atoms with Crippen molar-refractivity contribution in [1.82, 2.24) is 19.5 Å². The van der Waals surface area contributed by atoms with Crippen LogP contribution in [0.25, 0.3) is 11.2 Å². The Hall–Kier alpha value is -4.58. The van der Waals surface area contributed by atoms with E-state index < -0.39 is 48.2 Å². The van der Waals surface area contributed by atoms with Crippen LogP contribution in [0.2, 0.25) is 0 Å². The van der Waals surface area contributed by atoms with E-state index >= 15 is 4.39 Å². The molecule has 43 heavy (non-hydrogen) atoms. The van der Waals surface area contributed by atoms with E-state index in [0.717, 1.165) is 16.7 Å². The second-order valence-electron chi connectivity index (χ2n) is 10.7. The predicted molar refractivity (Wildman–Crippen MR) is 159 cm³/mol. The molecule has 6 rings (SSSR count). The summed E-state index contributed by atoms with van der Waals surface area (Å²) in [7, 11) is 1.60. The number of rotatable bonds is 9. The molecule has 4 N–H and O–H groups in total. The maximum Gasteiger partial charge on any atom is 0.280 e. The second-order valence-corrected chi connectivity index (χ2v) is 10.7. The number of benzene rings is 3. The van der Waals surface area contributed by atoms with Crippen LogP contribution in [0, 0.1) is 5.92 Å². The van der Waals surface area contributed by atoms with Crippen LogP contribution in [0.3, 0.4) is 0 Å². The van der Waals surface area contributed by atoms with E-state index in [2.05, 4.69) is 15.3 Å². The predicted octanol–water partition coefficient (Wildman–Crippen LogP) is 3.76. The van der Waals surface area contributed by atoms with Crippen LogP contribution in [0.4, 0.5) is 10.3 Å². The van der Waals surface area contributed by atoms with E-state index in [4.69, 9.17) is 14.5 Å². The number of nitrogens with one attached hydrogen (secondary N) is 2. The highest BCUT2D eigenvalue weighted by molar-refractivity contribution is 5.71. The van der Waals surface area contributed by atoms with Crippen molar-refractivity contribution in [3.8, 4) is 5.75 Å². The van der Waals surface area contributed by atoms with Crippen LogP contribution < -0.4 is 15.6 Å². The number of hydrogen-bond donors (Lipinski definition) is 4. The van der Waals surface area contributed by atoms with Crippen LogP contribution >= 0.6 is 0 Å². The molecule has 1 aliphatic rings. The molecule has 0 amide bonds. The van der Waals surface area contributed by atoms with Crippen LogP contribution in [0.1, 0.15) is 29.8 Å². The Morgan fingerprint density at radius 2 is 1.58 bits per heavy atom. The van der Waals surface area contributed by atoms with Crippen LogP contribution in [0.5, 0.6) is 5.75 Å². The lowest BCUT2D eigenvalue weighted by Crippen LogP contribution is -2.43. The molecular formula is C32H32FN5O5. The van der Waals surface area contributed by atoms with E-state index in [-0.39, 0.29) is 17.1 Å². The van der Waals surface area contributed by atoms with Gasteiger partial charge in [0.25, 0.3) is 5.56 Å². The van der Waals surface area contributed by atoms with Crippen molar-refractivity contribution in [2.45, 2.75) is 30.5 Å². The summed E-state index contributed by atoms with van der Waals surface area (Å²) in [5, 5.41) is 23.4. The first-order valence-electron chi connectivity index (χ1n) is 13.9. The minimum Gasteiger partial charge on any atom is -0.497 e. The molecule has 0 aliphatic carbocycles. The molecule has 1 aliphatic heterocycles. The van der Waals surface area contributed by atoms with E-state index in [1.807, 2.05) is 84.9 Å². The van der Waals surface area contributed by atoms with Gasteiger partial charge in [0.15, 0.2) is 23.6 Å². The third-order valence-corrected chi connectivity index (χ3v) is 8.42. The number of hydrogen-bond acceptors (Lipinski definition) is 8. The number of aromatic nitrogens is 4. The number of anilines is 1. The van der Waals surface area contributed by atoms with Crippen molar-refractivity contribution in [2.75, 3.05) is 25.6 Å². The third-order valence-electron chi connectivity index (χ3n) is 8.42. The molecule has 10 nitrogen and oxygen atoms in total. The minimum atomic E-state index is -1.61. The standard InChI is InChI=1S/C32H32FN5O5/c1-20-25(33)29(43-31(20,17-39)18-40)38-19-34-26-27(38)35-30(36-28(26)41)37-32(21-9-5-3-6-10-21,22-11-7-4-8-12-22)23-13-15-24(42-2)16-14-23/h3-16,19-20,25,29,39-40H,17-18H2,1-2H3,(H2,35,36,37,41)/t20-,25-,29+/m0/s1. The fourth-order valence-electron chi connectivity index (χ4n) is 5.86. The second kappa shape index (κ2) is 11.3. The molecule has 0 radical (unpaired) electrons. The van der Waals surface area contributed by atoms with Crippen LogP contribution in [-0.2, 0) is 10.3 Å². The number of ether oxygens (including phenoxy) is 2. The van der Waals surface area contributed by atoms with Crippen molar-refractivity contribution in [1.29, 1.82) is 0 Å². The average molecular weight is 586 g/mol. The molecule has 222 valence electrons. The molecule has 3 atom stereocenters. The maximum absolute atomic E-state index is 15.6. The maximum atomic E-state index is 15.6. The van der Waals surface area contributed by atoms with Gasteiger partial charge < -0.3 is 25.0 Å². The minimum absolute atomic E-state index is 0.00558. The van der Waals surface area contributed by atoms with Gasteiger partial charge in [-0.05, 0) is 28.8 Å². The zero-order chi connectivity index (χ0) is 30.2. The number of aliphatic hydroxyl groups excluding tert-OH is 2. The number of halogens is 1. The quantitative estimate of drug-likeness (QED) is 0.192. The lowest BCUT2D eigenvalue weighted by Gasteiger charge is -2.37. The van der Waals surface area contributed by atoms with Gasteiger partial charge in [0, 0.05) is 5.92 Å². The number of nitrogens with zero attached hydrogens (tertiary/aromatic N) is 3. The van der Waals surface area contributed by atoms with E-state index in [1.165, 1.54) is 10.9 Å². The van der Waals surface area contributed by atoms with Gasteiger partial charge in [0.05, 0.1) is 26.7 Å². The number of imidazole rings is 1. The lowest BCUT2D eigenvalue weighted by atomic mass is 9.77. The summed E-state index contributed by atoms with van der Waals surface area (Å²) in [6, 6.07) is 27.1. The molecule has 3 heterocycles. The third kappa shape index (κ3) is 4.66. The van der Waals surface area contributed by atoms with Gasteiger partial charge in [-0.2, -0.15) is 4.98 Å². The fraction of sp³-hybridized carbons (Fsp3) is 0.281. The smallest absolute Gasteiger partial charge is 0.280 e. The van der Waals surface area contributed by atoms with Crippen LogP contribution in [0.15, 0.2) is 96.1 Å². The highest BCUT2D eigenvalue weighted by Crippen LogP contribution is 2.44. The van der Waals surface area contributed by atoms with Crippen molar-refractivity contribution < 1.29 is 24.1 Å². The van der Waals surface area contributed by atoms with Gasteiger partial charge in [-0.15, -0.1) is 0 Å². The monoisotopic (exact) mass is 585 g/mol. The lowest BCUT2D eigenvalue weighted by molar-refractivity contribution is -0.134. The molecule has 0 saturated carbocycles. The first-order valence-corrected chi connectivity index (χ1v) is 13.9. The highest BCUT2D eigenvalue weighted by atomic mass is 19.1. The molecule has 0 bridgehead atoms. The van der Waals surface area contributed by atoms with E-state index in [9.17, 15) is 15.0 Å². The van der Waals surface area contributed by atoms with Gasteiger partial charge in [0.2, 0.25) is 5.95 Å². The number of methoxy groups -OCH3 is 1. The Labute approximate surface area is 246 Å². The van der Waals surface area contributed by atoms with E-state index in [1.54, 1.807) is 14.0 Å². The molecule has 3 aromatic carbocycles. The SMILES string of the molecule is COc1ccc(C(Nc2nc3c(ncn3[C@@H]3OC(CO)(CO)[C@@H](C)[C@@H]3F)c(=O)[nH]2)(c2ccccc2)c2ccccc2)cc1. The first kappa shape index (κ1) is 28.5. The normalized spacial score (nSPS) is 19.9. The Morgan fingerprint density at radius 1 is 1.00 bits per heavy atom. The summed E-state index contributed by atoms with van der Waals surface area (Å²) in [5.74, 6) is -0.0349. The molecule has 1 saturated heterocycles. The summed E-state index contributed by atoms with van der Waals surface area (Å²) in [6.45, 7) is 0.410. The summed E-state index contributed by atoms with van der Waals surface area (Å²) >= 11 is 0. The largest absolute Gasteiger partial charge is 0.497 e. The van der Waals surface area contributed by atoms with Gasteiger partial charge in [-0.25, -0.2) is 9.37 Å². The number of aromatic amines is 1. The zero-order valence-corrected chi connectivity index (χ0v) is 23.6. The Bertz CT molecular complexity index is 1720. The number of alkyl halides is 1. The Morgan fingerprint density at radius 3 is 2.12 bits per heavy atom. The number of fused-ring (bicyclic) bond motifs is 1. The van der Waals surface area contributed by atoms with Crippen molar-refractivity contribution in [3.05, 3.63) is 118 Å². The molecule has 5 aromatic rings.